The summed E-state index contributed by atoms with van der Waals surface area (Å²) >= 11 is 0. The Balaban J connectivity index is 1.60. The molecule has 0 aliphatic carbocycles. The van der Waals surface area contributed by atoms with Gasteiger partial charge in [0.05, 0.1) is 35.3 Å². The molecule has 0 radical (unpaired) electrons. The molecule has 1 saturated heterocycles. The summed E-state index contributed by atoms with van der Waals surface area (Å²) in [6.07, 6.45) is 2.51. The highest BCUT2D eigenvalue weighted by atomic mass is 32.2. The van der Waals surface area contributed by atoms with Crippen LogP contribution in [-0.4, -0.2) is 54.3 Å². The van der Waals surface area contributed by atoms with Crippen molar-refractivity contribution in [1.82, 2.24) is 9.21 Å². The van der Waals surface area contributed by atoms with Crippen LogP contribution < -0.4 is 0 Å². The fourth-order valence-electron chi connectivity index (χ4n) is 4.04. The van der Waals surface area contributed by atoms with Crippen molar-refractivity contribution in [3.8, 4) is 0 Å². The molecule has 12 heteroatoms. The molecular formula is C25H26FN3O7S. The molecule has 1 fully saturated rings. The van der Waals surface area contributed by atoms with E-state index in [2.05, 4.69) is 0 Å². The van der Waals surface area contributed by atoms with E-state index in [0.29, 0.717) is 24.4 Å². The second-order valence-corrected chi connectivity index (χ2v) is 10.6. The highest BCUT2D eigenvalue weighted by Gasteiger charge is 2.32. The number of sulfonamides is 1. The number of nitrogens with zero attached hydrogens (tertiary/aromatic N) is 3. The maximum Gasteiger partial charge on any atom is 0.269 e. The van der Waals surface area contributed by atoms with E-state index in [1.54, 1.807) is 24.3 Å². The molecule has 1 aromatic heterocycles. The Morgan fingerprint density at radius 2 is 1.81 bits per heavy atom. The van der Waals surface area contributed by atoms with Crippen molar-refractivity contribution >= 4 is 21.6 Å². The molecule has 4 rings (SSSR count). The average molecular weight is 532 g/mol. The SMILES string of the molecule is O=C(CN(C[C@@H]1CCCO1)S(=O)(=O)c1ccc([N+](=O)[O-])cc1)N(Cc1ccc(F)cc1)Cc1ccco1. The molecule has 2 heterocycles. The Morgan fingerprint density at radius 3 is 2.41 bits per heavy atom. The van der Waals surface area contributed by atoms with Crippen molar-refractivity contribution in [2.24, 2.45) is 0 Å². The molecule has 1 aliphatic rings. The number of carbonyl (C=O) groups is 1. The lowest BCUT2D eigenvalue weighted by Crippen LogP contribution is -2.45. The molecule has 0 unspecified atom stereocenters. The van der Waals surface area contributed by atoms with Crippen LogP contribution in [0.1, 0.15) is 24.2 Å². The van der Waals surface area contributed by atoms with Gasteiger partial charge in [-0.1, -0.05) is 12.1 Å². The second-order valence-electron chi connectivity index (χ2n) is 8.64. The topological polar surface area (TPSA) is 123 Å². The van der Waals surface area contributed by atoms with Gasteiger partial charge < -0.3 is 14.1 Å². The van der Waals surface area contributed by atoms with Gasteiger partial charge in [-0.05, 0) is 54.8 Å². The second kappa shape index (κ2) is 11.6. The van der Waals surface area contributed by atoms with Crippen molar-refractivity contribution in [2.75, 3.05) is 19.7 Å². The number of non-ortho nitro benzene ring substituents is 1. The van der Waals surface area contributed by atoms with Gasteiger partial charge in [-0.3, -0.25) is 14.9 Å². The summed E-state index contributed by atoms with van der Waals surface area (Å²) in [6, 6.07) is 13.6. The maximum atomic E-state index is 13.5. The zero-order valence-electron chi connectivity index (χ0n) is 19.9. The quantitative estimate of drug-likeness (QED) is 0.273. The molecule has 0 saturated carbocycles. The first-order valence-corrected chi connectivity index (χ1v) is 13.1. The third kappa shape index (κ3) is 6.79. The molecule has 37 heavy (non-hydrogen) atoms. The summed E-state index contributed by atoms with van der Waals surface area (Å²) < 4.78 is 52.5. The number of benzene rings is 2. The number of hydrogen-bond acceptors (Lipinski definition) is 7. The van der Waals surface area contributed by atoms with Crippen molar-refractivity contribution in [1.29, 1.82) is 0 Å². The Morgan fingerprint density at radius 1 is 1.08 bits per heavy atom. The van der Waals surface area contributed by atoms with E-state index in [1.165, 1.54) is 23.3 Å². The standard InChI is InChI=1S/C25H26FN3O7S/c26-20-7-5-19(6-8-20)15-27(16-22-3-1-13-35-22)25(30)18-28(17-23-4-2-14-36-23)37(33,34)24-11-9-21(10-12-24)29(31)32/h1,3,5-13,23H,2,4,14-18H2/t23-/m0/s1. The van der Waals surface area contributed by atoms with Crippen LogP contribution in [0.2, 0.25) is 0 Å². The Bertz CT molecular complexity index is 1310. The summed E-state index contributed by atoms with van der Waals surface area (Å²) in [5.41, 5.74) is 0.412. The van der Waals surface area contributed by atoms with Crippen LogP contribution in [0, 0.1) is 15.9 Å². The first-order valence-electron chi connectivity index (χ1n) is 11.6. The van der Waals surface area contributed by atoms with Crippen LogP contribution >= 0.6 is 0 Å². The van der Waals surface area contributed by atoms with Gasteiger partial charge in [0.1, 0.15) is 11.6 Å². The molecule has 0 N–H and O–H groups in total. The normalized spacial score (nSPS) is 15.7. The van der Waals surface area contributed by atoms with E-state index in [0.717, 1.165) is 35.0 Å². The molecule has 1 atom stereocenters. The Kier molecular flexibility index (Phi) is 8.31. The molecule has 196 valence electrons. The number of rotatable bonds is 11. The molecule has 0 bridgehead atoms. The minimum Gasteiger partial charge on any atom is -0.467 e. The first kappa shape index (κ1) is 26.5. The zero-order valence-corrected chi connectivity index (χ0v) is 20.7. The Hall–Kier alpha value is -3.61. The van der Waals surface area contributed by atoms with Crippen LogP contribution in [0.3, 0.4) is 0 Å². The summed E-state index contributed by atoms with van der Waals surface area (Å²) in [5.74, 6) is -0.409. The van der Waals surface area contributed by atoms with Gasteiger partial charge in [0.25, 0.3) is 5.69 Å². The number of carbonyl (C=O) groups excluding carboxylic acids is 1. The smallest absolute Gasteiger partial charge is 0.269 e. The lowest BCUT2D eigenvalue weighted by atomic mass is 10.2. The molecule has 2 aromatic carbocycles. The van der Waals surface area contributed by atoms with Crippen molar-refractivity contribution in [2.45, 2.75) is 36.9 Å². The number of amides is 1. The van der Waals surface area contributed by atoms with Crippen LogP contribution in [0.4, 0.5) is 10.1 Å². The van der Waals surface area contributed by atoms with E-state index in [1.807, 2.05) is 0 Å². The van der Waals surface area contributed by atoms with Gasteiger partial charge in [-0.15, -0.1) is 0 Å². The van der Waals surface area contributed by atoms with Gasteiger partial charge >= 0.3 is 0 Å². The molecule has 3 aromatic rings. The molecule has 1 amide bonds. The monoisotopic (exact) mass is 531 g/mol. The summed E-state index contributed by atoms with van der Waals surface area (Å²) in [4.78, 5) is 25.2. The lowest BCUT2D eigenvalue weighted by Gasteiger charge is -2.28. The molecular weight excluding hydrogens is 505 g/mol. The number of nitro benzene ring substituents is 1. The van der Waals surface area contributed by atoms with Gasteiger partial charge in [0.2, 0.25) is 15.9 Å². The lowest BCUT2D eigenvalue weighted by molar-refractivity contribution is -0.384. The largest absolute Gasteiger partial charge is 0.467 e. The summed E-state index contributed by atoms with van der Waals surface area (Å²) in [5, 5.41) is 11.0. The summed E-state index contributed by atoms with van der Waals surface area (Å²) in [6.45, 7) is 0.149. The summed E-state index contributed by atoms with van der Waals surface area (Å²) in [7, 11) is -4.19. The van der Waals surface area contributed by atoms with Gasteiger partial charge in [-0.25, -0.2) is 12.8 Å². The van der Waals surface area contributed by atoms with E-state index >= 15 is 0 Å². The number of ether oxygens (including phenoxy) is 1. The van der Waals surface area contributed by atoms with Gasteiger partial charge in [0, 0.05) is 31.8 Å². The predicted octanol–water partition coefficient (Wildman–Crippen LogP) is 3.73. The van der Waals surface area contributed by atoms with E-state index in [9.17, 15) is 27.7 Å². The minimum atomic E-state index is -4.19. The van der Waals surface area contributed by atoms with Crippen LogP contribution in [0.5, 0.6) is 0 Å². The van der Waals surface area contributed by atoms with Crippen molar-refractivity contribution in [3.63, 3.8) is 0 Å². The highest BCUT2D eigenvalue weighted by molar-refractivity contribution is 7.89. The number of furan rings is 1. The van der Waals surface area contributed by atoms with Crippen LogP contribution in [-0.2, 0) is 32.6 Å². The molecule has 10 nitrogen and oxygen atoms in total. The molecule has 1 aliphatic heterocycles. The highest BCUT2D eigenvalue weighted by Crippen LogP contribution is 2.23. The van der Waals surface area contributed by atoms with Crippen LogP contribution in [0.15, 0.2) is 76.2 Å². The minimum absolute atomic E-state index is 0.0454. The third-order valence-electron chi connectivity index (χ3n) is 5.99. The van der Waals surface area contributed by atoms with Crippen molar-refractivity contribution in [3.05, 3.63) is 94.2 Å². The van der Waals surface area contributed by atoms with Gasteiger partial charge in [-0.2, -0.15) is 4.31 Å². The fourth-order valence-corrected chi connectivity index (χ4v) is 5.46. The number of nitro groups is 1. The van der Waals surface area contributed by atoms with E-state index < -0.39 is 33.2 Å². The zero-order chi connectivity index (χ0) is 26.4. The van der Waals surface area contributed by atoms with E-state index in [4.69, 9.17) is 9.15 Å². The number of hydrogen-bond donors (Lipinski definition) is 0. The number of halogens is 1. The maximum absolute atomic E-state index is 13.5. The predicted molar refractivity (Wildman–Crippen MR) is 130 cm³/mol. The van der Waals surface area contributed by atoms with Gasteiger partial charge in [0.15, 0.2) is 0 Å². The first-order chi connectivity index (χ1) is 17.7. The third-order valence-corrected chi connectivity index (χ3v) is 7.82. The average Bonchev–Trinajstić information content (AvgIpc) is 3.59. The van der Waals surface area contributed by atoms with E-state index in [-0.39, 0.29) is 36.3 Å². The molecule has 0 spiro atoms. The van der Waals surface area contributed by atoms with Crippen molar-refractivity contribution < 1.29 is 31.7 Å². The Labute approximate surface area is 213 Å². The van der Waals surface area contributed by atoms with Crippen LogP contribution in [0.25, 0.3) is 0 Å². The fraction of sp³-hybridized carbons (Fsp3) is 0.320.